The van der Waals surface area contributed by atoms with Crippen LogP contribution in [0, 0.1) is 0 Å². The number of ether oxygens (including phenoxy) is 10. The van der Waals surface area contributed by atoms with Crippen molar-refractivity contribution in [3.05, 3.63) is 0 Å². The van der Waals surface area contributed by atoms with Crippen LogP contribution in [0.15, 0.2) is 0 Å². The summed E-state index contributed by atoms with van der Waals surface area (Å²) in [4.78, 5) is 0. The van der Waals surface area contributed by atoms with E-state index in [0.29, 0.717) is 26.4 Å². The Bertz CT molecular complexity index is 454. The van der Waals surface area contributed by atoms with E-state index in [1.165, 1.54) is 0 Å². The minimum Gasteiger partial charge on any atom is -0.376 e. The van der Waals surface area contributed by atoms with Crippen molar-refractivity contribution in [2.24, 2.45) is 0 Å². The maximum atomic E-state index is 6.14. The molecule has 0 amide bonds. The number of fused-ring (bicyclic) bond motifs is 4. The van der Waals surface area contributed by atoms with Crippen LogP contribution in [-0.4, -0.2) is 116 Å². The Hall–Kier alpha value is -0.400. The smallest absolute Gasteiger partial charge is 0.187 e. The molecule has 10 heteroatoms. The normalized spacial score (nSPS) is 45.2. The van der Waals surface area contributed by atoms with Crippen LogP contribution in [0.25, 0.3) is 0 Å². The van der Waals surface area contributed by atoms with E-state index in [2.05, 4.69) is 0 Å². The van der Waals surface area contributed by atoms with E-state index in [1.807, 2.05) is 0 Å². The monoisotopic (exact) mass is 434 g/mol. The summed E-state index contributed by atoms with van der Waals surface area (Å²) in [5.74, 6) is 0. The molecule has 10 nitrogen and oxygen atoms in total. The van der Waals surface area contributed by atoms with Crippen LogP contribution in [0.5, 0.6) is 0 Å². The molecule has 0 aromatic heterocycles. The molecule has 174 valence electrons. The van der Waals surface area contributed by atoms with E-state index in [1.54, 1.807) is 28.4 Å². The molecular weight excluding hydrogens is 400 g/mol. The molecular formula is C20H34O10. The van der Waals surface area contributed by atoms with Crippen molar-refractivity contribution in [1.82, 2.24) is 0 Å². The second-order valence-electron chi connectivity index (χ2n) is 7.93. The lowest BCUT2D eigenvalue weighted by Gasteiger charge is -2.39. The van der Waals surface area contributed by atoms with Crippen molar-refractivity contribution < 1.29 is 47.4 Å². The van der Waals surface area contributed by atoms with Crippen LogP contribution >= 0.6 is 0 Å². The Balaban J connectivity index is 1.21. The summed E-state index contributed by atoms with van der Waals surface area (Å²) in [7, 11) is 6.59. The lowest BCUT2D eigenvalue weighted by Crippen LogP contribution is -2.56. The first kappa shape index (κ1) is 22.8. The molecule has 4 rings (SSSR count). The summed E-state index contributed by atoms with van der Waals surface area (Å²) in [6.07, 6.45) is -0.890. The van der Waals surface area contributed by atoms with Gasteiger partial charge < -0.3 is 47.4 Å². The van der Waals surface area contributed by atoms with Crippen LogP contribution in [0.4, 0.5) is 0 Å². The number of hydrogen-bond acceptors (Lipinski definition) is 10. The largest absolute Gasteiger partial charge is 0.376 e. The standard InChI is InChI=1S/C20H34O10/c1-21-13-11-9-27-19(29-11)17(23-3)15(13)25-7-5-6-8-26-16-14(22-2)12-10-28-20(30-12)18(16)24-4/h11-20H,5-10H2,1-4H3. The molecule has 0 radical (unpaired) electrons. The first-order valence-corrected chi connectivity index (χ1v) is 10.6. The second kappa shape index (κ2) is 10.5. The fourth-order valence-electron chi connectivity index (χ4n) is 4.76. The van der Waals surface area contributed by atoms with Gasteiger partial charge in [0.05, 0.1) is 13.2 Å². The minimum atomic E-state index is -0.400. The highest BCUT2D eigenvalue weighted by molar-refractivity contribution is 4.96. The zero-order chi connectivity index (χ0) is 21.1. The Morgan fingerprint density at radius 3 is 1.33 bits per heavy atom. The van der Waals surface area contributed by atoms with E-state index in [-0.39, 0.29) is 48.8 Å². The van der Waals surface area contributed by atoms with Gasteiger partial charge in [0, 0.05) is 41.7 Å². The Morgan fingerprint density at radius 2 is 0.967 bits per heavy atom. The van der Waals surface area contributed by atoms with Crippen LogP contribution in [0.3, 0.4) is 0 Å². The van der Waals surface area contributed by atoms with Gasteiger partial charge in [0.15, 0.2) is 12.6 Å². The zero-order valence-corrected chi connectivity index (χ0v) is 18.1. The first-order chi connectivity index (χ1) is 14.7. The van der Waals surface area contributed by atoms with Gasteiger partial charge in [-0.25, -0.2) is 0 Å². The SMILES string of the molecule is COC1C2COC(O2)C(OC)C1OCCCCOC1C(OC)C2COC(O2)C1OC. The topological polar surface area (TPSA) is 92.3 Å². The molecule has 4 fully saturated rings. The van der Waals surface area contributed by atoms with Gasteiger partial charge in [0.2, 0.25) is 0 Å². The maximum absolute atomic E-state index is 6.14. The zero-order valence-electron chi connectivity index (χ0n) is 18.1. The summed E-state index contributed by atoms with van der Waals surface area (Å²) < 4.78 is 57.5. The summed E-state index contributed by atoms with van der Waals surface area (Å²) in [5.41, 5.74) is 0. The molecule has 4 heterocycles. The average Bonchev–Trinajstić information content (AvgIpc) is 3.37. The molecule has 10 unspecified atom stereocenters. The summed E-state index contributed by atoms with van der Waals surface area (Å²) >= 11 is 0. The van der Waals surface area contributed by atoms with Gasteiger partial charge in [-0.3, -0.25) is 0 Å². The third-order valence-electron chi connectivity index (χ3n) is 6.28. The highest BCUT2D eigenvalue weighted by Crippen LogP contribution is 2.34. The van der Waals surface area contributed by atoms with Crippen molar-refractivity contribution in [2.45, 2.75) is 74.3 Å². The summed E-state index contributed by atoms with van der Waals surface area (Å²) in [5, 5.41) is 0. The number of unbranched alkanes of at least 4 members (excludes halogenated alkanes) is 1. The fourth-order valence-corrected chi connectivity index (χ4v) is 4.76. The Morgan fingerprint density at radius 1 is 0.567 bits per heavy atom. The molecule has 0 aromatic carbocycles. The number of methoxy groups -OCH3 is 4. The average molecular weight is 434 g/mol. The van der Waals surface area contributed by atoms with E-state index in [4.69, 9.17) is 47.4 Å². The van der Waals surface area contributed by atoms with Gasteiger partial charge in [-0.2, -0.15) is 0 Å². The van der Waals surface area contributed by atoms with E-state index < -0.39 is 12.6 Å². The molecule has 4 saturated heterocycles. The molecule has 4 aliphatic heterocycles. The molecule has 30 heavy (non-hydrogen) atoms. The summed E-state index contributed by atoms with van der Waals surface area (Å²) in [6.45, 7) is 2.12. The lowest BCUT2D eigenvalue weighted by molar-refractivity contribution is -0.254. The van der Waals surface area contributed by atoms with Crippen LogP contribution < -0.4 is 0 Å². The molecule has 4 bridgehead atoms. The molecule has 4 aliphatic rings. The maximum Gasteiger partial charge on any atom is 0.187 e. The molecule has 0 N–H and O–H groups in total. The van der Waals surface area contributed by atoms with Crippen molar-refractivity contribution in [2.75, 3.05) is 54.9 Å². The van der Waals surface area contributed by atoms with Crippen molar-refractivity contribution in [3.63, 3.8) is 0 Å². The van der Waals surface area contributed by atoms with Gasteiger partial charge in [0.25, 0.3) is 0 Å². The fraction of sp³-hybridized carbons (Fsp3) is 1.00. The van der Waals surface area contributed by atoms with Gasteiger partial charge >= 0.3 is 0 Å². The predicted molar refractivity (Wildman–Crippen MR) is 101 cm³/mol. The number of rotatable bonds is 11. The highest BCUT2D eigenvalue weighted by atomic mass is 16.8. The van der Waals surface area contributed by atoms with Crippen LogP contribution in [0.2, 0.25) is 0 Å². The van der Waals surface area contributed by atoms with E-state index in [0.717, 1.165) is 12.8 Å². The third-order valence-corrected chi connectivity index (χ3v) is 6.28. The van der Waals surface area contributed by atoms with E-state index >= 15 is 0 Å². The third kappa shape index (κ3) is 4.40. The summed E-state index contributed by atoms with van der Waals surface area (Å²) in [6, 6.07) is 0. The van der Waals surface area contributed by atoms with Gasteiger partial charge in [0.1, 0.15) is 48.8 Å². The van der Waals surface area contributed by atoms with Crippen molar-refractivity contribution in [3.8, 4) is 0 Å². The van der Waals surface area contributed by atoms with Crippen molar-refractivity contribution >= 4 is 0 Å². The molecule has 10 atom stereocenters. The first-order valence-electron chi connectivity index (χ1n) is 10.6. The predicted octanol–water partition coefficient (Wildman–Crippen LogP) is 0.107. The van der Waals surface area contributed by atoms with Gasteiger partial charge in [-0.05, 0) is 12.8 Å². The van der Waals surface area contributed by atoms with Gasteiger partial charge in [-0.1, -0.05) is 0 Å². The van der Waals surface area contributed by atoms with E-state index in [9.17, 15) is 0 Å². The molecule has 0 saturated carbocycles. The quantitative estimate of drug-likeness (QED) is 0.417. The van der Waals surface area contributed by atoms with Crippen LogP contribution in [0.1, 0.15) is 12.8 Å². The number of hydrogen-bond donors (Lipinski definition) is 0. The van der Waals surface area contributed by atoms with Crippen molar-refractivity contribution in [1.29, 1.82) is 0 Å². The molecule has 0 aromatic rings. The lowest BCUT2D eigenvalue weighted by atomic mass is 10.0. The van der Waals surface area contributed by atoms with Gasteiger partial charge in [-0.15, -0.1) is 0 Å². The molecule has 0 aliphatic carbocycles. The highest BCUT2D eigenvalue weighted by Gasteiger charge is 2.53. The van der Waals surface area contributed by atoms with Crippen LogP contribution in [-0.2, 0) is 47.4 Å². The minimum absolute atomic E-state index is 0.122. The Labute approximate surface area is 177 Å². The second-order valence-corrected chi connectivity index (χ2v) is 7.93. The molecule has 0 spiro atoms. The Kier molecular flexibility index (Phi) is 7.96.